The summed E-state index contributed by atoms with van der Waals surface area (Å²) in [6, 6.07) is 15.9. The molecule has 2 amide bonds. The first kappa shape index (κ1) is 23.7. The van der Waals surface area contributed by atoms with E-state index in [2.05, 4.69) is 26.0 Å². The molecule has 2 aromatic carbocycles. The lowest BCUT2D eigenvalue weighted by Gasteiger charge is -2.21. The van der Waals surface area contributed by atoms with Crippen molar-refractivity contribution in [2.24, 2.45) is 5.92 Å². The van der Waals surface area contributed by atoms with Crippen LogP contribution < -0.4 is 4.90 Å². The van der Waals surface area contributed by atoms with Crippen molar-refractivity contribution in [1.82, 2.24) is 4.90 Å². The molecule has 6 heteroatoms. The fourth-order valence-corrected chi connectivity index (χ4v) is 5.76. The Morgan fingerprint density at radius 3 is 2.39 bits per heavy atom. The van der Waals surface area contributed by atoms with Crippen LogP contribution in [0.3, 0.4) is 0 Å². The number of anilines is 1. The second-order valence-corrected chi connectivity index (χ2v) is 10.4. The van der Waals surface area contributed by atoms with Gasteiger partial charge in [0, 0.05) is 12.1 Å². The molecule has 172 valence electrons. The number of hydrogen-bond acceptors (Lipinski definition) is 4. The van der Waals surface area contributed by atoms with Crippen molar-refractivity contribution < 1.29 is 9.59 Å². The Kier molecular flexibility index (Phi) is 7.35. The van der Waals surface area contributed by atoms with Crippen molar-refractivity contribution in [2.45, 2.75) is 53.0 Å². The van der Waals surface area contributed by atoms with Crippen molar-refractivity contribution in [3.8, 4) is 0 Å². The van der Waals surface area contributed by atoms with Gasteiger partial charge in [-0.3, -0.25) is 14.5 Å². The number of carbonyl (C=O) groups excluding carboxylic acids is 2. The van der Waals surface area contributed by atoms with Crippen molar-refractivity contribution >= 4 is 51.4 Å². The number of aryl methyl sites for hydroxylation is 1. The monoisotopic (exact) mass is 478 g/mol. The molecule has 2 aliphatic rings. The molecule has 2 aromatic rings. The molecule has 1 fully saturated rings. The molecule has 0 radical (unpaired) electrons. The molecule has 0 saturated carbocycles. The van der Waals surface area contributed by atoms with Crippen LogP contribution >= 0.6 is 24.0 Å². The highest BCUT2D eigenvalue weighted by molar-refractivity contribution is 8.26. The number of amides is 2. The molecule has 0 aliphatic carbocycles. The summed E-state index contributed by atoms with van der Waals surface area (Å²) in [6.45, 7) is 7.49. The van der Waals surface area contributed by atoms with Crippen molar-refractivity contribution in [3.63, 3.8) is 0 Å². The third-order valence-electron chi connectivity index (χ3n) is 6.44. The minimum absolute atomic E-state index is 0.129. The molecule has 4 rings (SSSR count). The normalized spacial score (nSPS) is 18.9. The number of carbonyl (C=O) groups is 2. The van der Waals surface area contributed by atoms with Crippen LogP contribution in [0.15, 0.2) is 53.4 Å². The number of hydrogen-bond donors (Lipinski definition) is 0. The van der Waals surface area contributed by atoms with Crippen LogP contribution in [0.25, 0.3) is 5.57 Å². The first-order chi connectivity index (χ1) is 15.9. The van der Waals surface area contributed by atoms with E-state index in [-0.39, 0.29) is 11.8 Å². The molecule has 0 aromatic heterocycles. The van der Waals surface area contributed by atoms with Crippen LogP contribution in [0, 0.1) is 12.8 Å². The summed E-state index contributed by atoms with van der Waals surface area (Å²) in [5.74, 6) is 0.159. The van der Waals surface area contributed by atoms with Crippen LogP contribution in [0.1, 0.15) is 56.2 Å². The van der Waals surface area contributed by atoms with E-state index >= 15 is 0 Å². The molecule has 4 nitrogen and oxygen atoms in total. The van der Waals surface area contributed by atoms with Crippen LogP contribution in [-0.2, 0) is 16.1 Å². The second-order valence-electron chi connectivity index (χ2n) is 8.80. The molecule has 0 bridgehead atoms. The van der Waals surface area contributed by atoms with Gasteiger partial charge in [-0.2, -0.15) is 0 Å². The van der Waals surface area contributed by atoms with Crippen LogP contribution in [0.2, 0.25) is 0 Å². The lowest BCUT2D eigenvalue weighted by atomic mass is 9.98. The number of benzene rings is 2. The second kappa shape index (κ2) is 10.2. The molecule has 2 heterocycles. The molecular weight excluding hydrogens is 448 g/mol. The van der Waals surface area contributed by atoms with Gasteiger partial charge in [0.15, 0.2) is 0 Å². The Morgan fingerprint density at radius 2 is 1.70 bits per heavy atom. The Balaban J connectivity index is 1.65. The van der Waals surface area contributed by atoms with E-state index in [1.54, 1.807) is 9.80 Å². The predicted molar refractivity (Wildman–Crippen MR) is 141 cm³/mol. The summed E-state index contributed by atoms with van der Waals surface area (Å²) in [6.07, 6.45) is 4.38. The standard InChI is InChI=1S/C27H30N2O2S2/c1-4-6-9-19(5-2)16-29-26(31)24(33-27(29)32)23-21-10-7-8-11-22(21)28(25(23)30)17-20-14-12-18(3)13-15-20/h7-8,10-15,19H,4-6,9,16-17H2,1-3H3/b24-23-. The van der Waals surface area contributed by atoms with Gasteiger partial charge < -0.3 is 4.90 Å². The molecule has 33 heavy (non-hydrogen) atoms. The first-order valence-electron chi connectivity index (χ1n) is 11.7. The number of nitrogens with zero attached hydrogens (tertiary/aromatic N) is 2. The Hall–Kier alpha value is -2.44. The number of para-hydroxylation sites is 1. The molecule has 1 saturated heterocycles. The van der Waals surface area contributed by atoms with E-state index in [0.717, 1.165) is 42.5 Å². The third-order valence-corrected chi connectivity index (χ3v) is 7.89. The van der Waals surface area contributed by atoms with Gasteiger partial charge in [-0.05, 0) is 30.9 Å². The summed E-state index contributed by atoms with van der Waals surface area (Å²) in [4.78, 5) is 31.1. The lowest BCUT2D eigenvalue weighted by molar-refractivity contribution is -0.123. The van der Waals surface area contributed by atoms with Crippen LogP contribution in [0.5, 0.6) is 0 Å². The smallest absolute Gasteiger partial charge is 0.267 e. The zero-order valence-corrected chi connectivity index (χ0v) is 21.1. The van der Waals surface area contributed by atoms with Crippen LogP contribution in [0.4, 0.5) is 5.69 Å². The summed E-state index contributed by atoms with van der Waals surface area (Å²) in [5, 5.41) is 0. The highest BCUT2D eigenvalue weighted by atomic mass is 32.2. The summed E-state index contributed by atoms with van der Waals surface area (Å²) >= 11 is 6.87. The zero-order valence-electron chi connectivity index (χ0n) is 19.5. The molecular formula is C27H30N2O2S2. The van der Waals surface area contributed by atoms with Crippen molar-refractivity contribution in [1.29, 1.82) is 0 Å². The minimum Gasteiger partial charge on any atom is -0.303 e. The van der Waals surface area contributed by atoms with Gasteiger partial charge in [0.05, 0.1) is 22.7 Å². The minimum atomic E-state index is -0.129. The van der Waals surface area contributed by atoms with Gasteiger partial charge in [-0.1, -0.05) is 105 Å². The Labute approximate surface area is 206 Å². The highest BCUT2D eigenvalue weighted by Crippen LogP contribution is 2.45. The fraction of sp³-hybridized carbons (Fsp3) is 0.370. The van der Waals surface area contributed by atoms with E-state index < -0.39 is 0 Å². The predicted octanol–water partition coefficient (Wildman–Crippen LogP) is 6.33. The number of thiocarbonyl (C=S) groups is 1. The fourth-order valence-electron chi connectivity index (χ4n) is 4.41. The van der Waals surface area contributed by atoms with E-state index in [9.17, 15) is 9.59 Å². The SMILES string of the molecule is CCCCC(CC)CN1C(=O)/C(=C2/C(=O)N(Cc3ccc(C)cc3)c3ccccc32)SC1=S. The van der Waals surface area contributed by atoms with Crippen LogP contribution in [-0.4, -0.2) is 27.6 Å². The average Bonchev–Trinajstić information content (AvgIpc) is 3.25. The molecule has 1 unspecified atom stereocenters. The Morgan fingerprint density at radius 1 is 0.970 bits per heavy atom. The summed E-state index contributed by atoms with van der Waals surface area (Å²) < 4.78 is 0.555. The molecule has 1 atom stereocenters. The van der Waals surface area contributed by atoms with Gasteiger partial charge in [0.25, 0.3) is 11.8 Å². The van der Waals surface area contributed by atoms with Gasteiger partial charge in [0.1, 0.15) is 4.32 Å². The van der Waals surface area contributed by atoms with Gasteiger partial charge in [0.2, 0.25) is 0 Å². The van der Waals surface area contributed by atoms with Gasteiger partial charge in [-0.15, -0.1) is 0 Å². The summed E-state index contributed by atoms with van der Waals surface area (Å²) in [7, 11) is 0. The van der Waals surface area contributed by atoms with E-state index in [1.807, 2.05) is 43.3 Å². The van der Waals surface area contributed by atoms with Gasteiger partial charge >= 0.3 is 0 Å². The first-order valence-corrected chi connectivity index (χ1v) is 12.9. The largest absolute Gasteiger partial charge is 0.303 e. The van der Waals surface area contributed by atoms with Crippen molar-refractivity contribution in [2.75, 3.05) is 11.4 Å². The quantitative estimate of drug-likeness (QED) is 0.328. The maximum absolute atomic E-state index is 13.6. The van der Waals surface area contributed by atoms with E-state index in [4.69, 9.17) is 12.2 Å². The topological polar surface area (TPSA) is 40.6 Å². The highest BCUT2D eigenvalue weighted by Gasteiger charge is 2.42. The number of rotatable bonds is 8. The van der Waals surface area contributed by atoms with Crippen molar-refractivity contribution in [3.05, 3.63) is 70.1 Å². The summed E-state index contributed by atoms with van der Waals surface area (Å²) in [5.41, 5.74) is 4.38. The Bertz CT molecular complexity index is 1110. The molecule has 0 N–H and O–H groups in total. The third kappa shape index (κ3) is 4.78. The molecule has 0 spiro atoms. The maximum Gasteiger partial charge on any atom is 0.267 e. The number of unbranched alkanes of at least 4 members (excludes halogenated alkanes) is 1. The zero-order chi connectivity index (χ0) is 23.5. The van der Waals surface area contributed by atoms with E-state index in [1.165, 1.54) is 17.3 Å². The maximum atomic E-state index is 13.6. The van der Waals surface area contributed by atoms with Gasteiger partial charge in [-0.25, -0.2) is 0 Å². The lowest BCUT2D eigenvalue weighted by Crippen LogP contribution is -2.33. The number of fused-ring (bicyclic) bond motifs is 1. The average molecular weight is 479 g/mol. The molecule has 2 aliphatic heterocycles. The van der Waals surface area contributed by atoms with E-state index in [0.29, 0.717) is 33.8 Å². The number of thioether (sulfide) groups is 1.